The molecule has 6 heteroatoms. The average Bonchev–Trinajstić information content (AvgIpc) is 2.94. The SMILES string of the molecule is CNn1c2c(c3ccc(OC)c(OC)c3c1=O)C(=O)c1ccccc1-2. The number of methoxy groups -OCH3 is 2. The highest BCUT2D eigenvalue weighted by molar-refractivity contribution is 6.27. The van der Waals surface area contributed by atoms with E-state index in [-0.39, 0.29) is 11.3 Å². The molecule has 1 heterocycles. The fraction of sp³-hybridized carbons (Fsp3) is 0.158. The Morgan fingerprint density at radius 1 is 0.960 bits per heavy atom. The van der Waals surface area contributed by atoms with Crippen LogP contribution in [0.5, 0.6) is 11.5 Å². The Balaban J connectivity index is 2.26. The molecule has 126 valence electrons. The highest BCUT2D eigenvalue weighted by atomic mass is 16.5. The van der Waals surface area contributed by atoms with Gasteiger partial charge in [-0.1, -0.05) is 24.3 Å². The molecule has 1 aliphatic rings. The molecule has 0 aliphatic heterocycles. The fourth-order valence-electron chi connectivity index (χ4n) is 3.52. The Morgan fingerprint density at radius 2 is 1.68 bits per heavy atom. The summed E-state index contributed by atoms with van der Waals surface area (Å²) in [5.74, 6) is 0.657. The van der Waals surface area contributed by atoms with E-state index in [1.807, 2.05) is 18.2 Å². The highest BCUT2D eigenvalue weighted by Gasteiger charge is 2.33. The van der Waals surface area contributed by atoms with Crippen molar-refractivity contribution in [3.8, 4) is 22.8 Å². The van der Waals surface area contributed by atoms with Crippen LogP contribution >= 0.6 is 0 Å². The van der Waals surface area contributed by atoms with Gasteiger partial charge in [-0.05, 0) is 12.1 Å². The molecule has 1 aliphatic carbocycles. The molecule has 1 aromatic heterocycles. The molecule has 0 saturated carbocycles. The Bertz CT molecular complexity index is 1100. The molecule has 0 amide bonds. The molecule has 0 bridgehead atoms. The molecule has 1 N–H and O–H groups in total. The lowest BCUT2D eigenvalue weighted by Crippen LogP contribution is -2.29. The fourth-order valence-corrected chi connectivity index (χ4v) is 3.52. The second-order valence-electron chi connectivity index (χ2n) is 5.69. The van der Waals surface area contributed by atoms with Crippen molar-refractivity contribution in [2.24, 2.45) is 0 Å². The van der Waals surface area contributed by atoms with Crippen LogP contribution in [-0.2, 0) is 0 Å². The maximum atomic E-state index is 13.1. The van der Waals surface area contributed by atoms with Gasteiger partial charge in [0.2, 0.25) is 0 Å². The van der Waals surface area contributed by atoms with Crippen molar-refractivity contribution in [2.45, 2.75) is 0 Å². The lowest BCUT2D eigenvalue weighted by Gasteiger charge is -2.17. The Kier molecular flexibility index (Phi) is 3.28. The first kappa shape index (κ1) is 15.3. The monoisotopic (exact) mass is 336 g/mol. The van der Waals surface area contributed by atoms with Crippen molar-refractivity contribution in [3.05, 3.63) is 57.9 Å². The molecule has 3 aromatic rings. The van der Waals surface area contributed by atoms with Crippen molar-refractivity contribution in [2.75, 3.05) is 26.7 Å². The minimum atomic E-state index is -0.295. The zero-order chi connectivity index (χ0) is 17.7. The average molecular weight is 336 g/mol. The molecule has 0 spiro atoms. The summed E-state index contributed by atoms with van der Waals surface area (Å²) in [4.78, 5) is 26.2. The Hall–Kier alpha value is -3.28. The normalized spacial score (nSPS) is 12.0. The number of benzene rings is 2. The topological polar surface area (TPSA) is 69.6 Å². The van der Waals surface area contributed by atoms with Crippen LogP contribution in [0.1, 0.15) is 15.9 Å². The summed E-state index contributed by atoms with van der Waals surface area (Å²) < 4.78 is 12.1. The van der Waals surface area contributed by atoms with E-state index in [1.54, 1.807) is 25.2 Å². The largest absolute Gasteiger partial charge is 0.493 e. The van der Waals surface area contributed by atoms with Gasteiger partial charge in [-0.2, -0.15) is 0 Å². The lowest BCUT2D eigenvalue weighted by molar-refractivity contribution is 0.104. The van der Waals surface area contributed by atoms with Gasteiger partial charge in [-0.15, -0.1) is 0 Å². The summed E-state index contributed by atoms with van der Waals surface area (Å²) in [5, 5.41) is 0.876. The number of fused-ring (bicyclic) bond motifs is 5. The Labute approximate surface area is 143 Å². The second kappa shape index (κ2) is 5.37. The summed E-state index contributed by atoms with van der Waals surface area (Å²) >= 11 is 0. The van der Waals surface area contributed by atoms with Crippen LogP contribution in [0.15, 0.2) is 41.2 Å². The number of carbonyl (C=O) groups excluding carboxylic acids is 1. The van der Waals surface area contributed by atoms with Gasteiger partial charge in [-0.25, -0.2) is 4.68 Å². The van der Waals surface area contributed by atoms with Crippen LogP contribution in [-0.4, -0.2) is 31.7 Å². The van der Waals surface area contributed by atoms with E-state index in [0.29, 0.717) is 39.1 Å². The third-order valence-corrected chi connectivity index (χ3v) is 4.57. The van der Waals surface area contributed by atoms with E-state index in [0.717, 1.165) is 5.56 Å². The number of carbonyl (C=O) groups is 1. The maximum Gasteiger partial charge on any atom is 0.281 e. The van der Waals surface area contributed by atoms with E-state index in [2.05, 4.69) is 5.43 Å². The van der Waals surface area contributed by atoms with Crippen LogP contribution in [0, 0.1) is 0 Å². The van der Waals surface area contributed by atoms with E-state index < -0.39 is 0 Å². The number of nitrogens with one attached hydrogen (secondary N) is 1. The minimum absolute atomic E-state index is 0.105. The first-order valence-corrected chi connectivity index (χ1v) is 7.79. The van der Waals surface area contributed by atoms with Crippen molar-refractivity contribution < 1.29 is 14.3 Å². The van der Waals surface area contributed by atoms with Gasteiger partial charge in [0.25, 0.3) is 5.56 Å². The molecule has 2 aromatic carbocycles. The van der Waals surface area contributed by atoms with Gasteiger partial charge in [0.05, 0.1) is 30.9 Å². The molecule has 0 unspecified atom stereocenters. The number of hydrogen-bond acceptors (Lipinski definition) is 5. The molecule has 0 radical (unpaired) electrons. The summed E-state index contributed by atoms with van der Waals surface area (Å²) in [6.07, 6.45) is 0. The molecule has 25 heavy (non-hydrogen) atoms. The van der Waals surface area contributed by atoms with Crippen molar-refractivity contribution in [1.29, 1.82) is 0 Å². The molecule has 6 nitrogen and oxygen atoms in total. The number of rotatable bonds is 3. The van der Waals surface area contributed by atoms with Crippen LogP contribution < -0.4 is 20.5 Å². The first-order chi connectivity index (χ1) is 12.1. The molecule has 4 rings (SSSR count). The quantitative estimate of drug-likeness (QED) is 0.622. The van der Waals surface area contributed by atoms with Crippen LogP contribution in [0.3, 0.4) is 0 Å². The predicted octanol–water partition coefficient (Wildman–Crippen LogP) is 2.40. The van der Waals surface area contributed by atoms with Gasteiger partial charge in [0, 0.05) is 23.6 Å². The molecule has 0 atom stereocenters. The first-order valence-electron chi connectivity index (χ1n) is 7.79. The lowest BCUT2D eigenvalue weighted by atomic mass is 10.0. The zero-order valence-corrected chi connectivity index (χ0v) is 14.0. The van der Waals surface area contributed by atoms with Gasteiger partial charge in [0.1, 0.15) is 0 Å². The van der Waals surface area contributed by atoms with Gasteiger partial charge < -0.3 is 14.9 Å². The number of pyridine rings is 1. The number of ketones is 1. The van der Waals surface area contributed by atoms with Gasteiger partial charge >= 0.3 is 0 Å². The summed E-state index contributed by atoms with van der Waals surface area (Å²) in [6.45, 7) is 0. The molecular formula is C19H16N2O4. The van der Waals surface area contributed by atoms with E-state index in [4.69, 9.17) is 9.47 Å². The van der Waals surface area contributed by atoms with E-state index in [1.165, 1.54) is 18.9 Å². The van der Waals surface area contributed by atoms with Gasteiger partial charge in [0.15, 0.2) is 17.3 Å². The third kappa shape index (κ3) is 1.85. The summed E-state index contributed by atoms with van der Waals surface area (Å²) in [5.41, 5.74) is 4.99. The second-order valence-corrected chi connectivity index (χ2v) is 5.69. The number of aromatic nitrogens is 1. The maximum absolute atomic E-state index is 13.1. The zero-order valence-electron chi connectivity index (χ0n) is 14.0. The molecular weight excluding hydrogens is 320 g/mol. The predicted molar refractivity (Wildman–Crippen MR) is 95.5 cm³/mol. The summed E-state index contributed by atoms with van der Waals surface area (Å²) in [6, 6.07) is 10.7. The summed E-state index contributed by atoms with van der Waals surface area (Å²) in [7, 11) is 4.63. The van der Waals surface area contributed by atoms with Crippen molar-refractivity contribution in [3.63, 3.8) is 0 Å². The number of nitrogens with zero attached hydrogens (tertiary/aromatic N) is 1. The van der Waals surface area contributed by atoms with E-state index in [9.17, 15) is 9.59 Å². The van der Waals surface area contributed by atoms with Crippen LogP contribution in [0.4, 0.5) is 0 Å². The van der Waals surface area contributed by atoms with Gasteiger partial charge in [-0.3, -0.25) is 9.59 Å². The Morgan fingerprint density at radius 3 is 2.32 bits per heavy atom. The van der Waals surface area contributed by atoms with E-state index >= 15 is 0 Å². The molecule has 0 saturated heterocycles. The highest BCUT2D eigenvalue weighted by Crippen LogP contribution is 2.42. The van der Waals surface area contributed by atoms with Crippen molar-refractivity contribution >= 4 is 16.6 Å². The van der Waals surface area contributed by atoms with Crippen molar-refractivity contribution in [1.82, 2.24) is 4.68 Å². The van der Waals surface area contributed by atoms with Crippen LogP contribution in [0.2, 0.25) is 0 Å². The third-order valence-electron chi connectivity index (χ3n) is 4.57. The smallest absolute Gasteiger partial charge is 0.281 e. The number of ether oxygens (including phenoxy) is 2. The molecule has 0 fully saturated rings. The minimum Gasteiger partial charge on any atom is -0.493 e. The standard InChI is InChI=1S/C19H16N2O4/c1-20-21-16-10-6-4-5-7-11(10)17(22)14(16)12-8-9-13(24-2)18(25-3)15(12)19(21)23/h4-9,20H,1-3H3. The number of hydrogen-bond donors (Lipinski definition) is 1. The van der Waals surface area contributed by atoms with Crippen LogP contribution in [0.25, 0.3) is 22.0 Å².